The van der Waals surface area contributed by atoms with Crippen LogP contribution in [0.3, 0.4) is 0 Å². The van der Waals surface area contributed by atoms with Gasteiger partial charge in [0.05, 0.1) is 6.04 Å². The molecule has 0 aromatic heterocycles. The van der Waals surface area contributed by atoms with Crippen molar-refractivity contribution in [3.8, 4) is 0 Å². The van der Waals surface area contributed by atoms with Crippen LogP contribution in [0.2, 0.25) is 0 Å². The largest absolute Gasteiger partial charge is 0.302 e. The van der Waals surface area contributed by atoms with Gasteiger partial charge in [-0.15, -0.1) is 0 Å². The van der Waals surface area contributed by atoms with E-state index < -0.39 is 0 Å². The third-order valence-electron chi connectivity index (χ3n) is 1.02. The fraction of sp³-hybridized carbons (Fsp3) is 0.750. The Balaban J connectivity index is 2.26. The van der Waals surface area contributed by atoms with Gasteiger partial charge in [-0.25, -0.2) is 0 Å². The summed E-state index contributed by atoms with van der Waals surface area (Å²) in [5.41, 5.74) is 0. The number of hydrogen-bond acceptors (Lipinski definition) is 3. The van der Waals surface area contributed by atoms with Crippen LogP contribution in [0.15, 0.2) is 0 Å². The summed E-state index contributed by atoms with van der Waals surface area (Å²) in [6.45, 7) is 1.55. The SMILES string of the molecule is O=CC1CNCN1. The van der Waals surface area contributed by atoms with Crippen LogP contribution in [0, 0.1) is 0 Å². The van der Waals surface area contributed by atoms with Crippen molar-refractivity contribution < 1.29 is 4.79 Å². The van der Waals surface area contributed by atoms with Crippen molar-refractivity contribution in [3.05, 3.63) is 0 Å². The summed E-state index contributed by atoms with van der Waals surface area (Å²) in [5, 5.41) is 5.91. The van der Waals surface area contributed by atoms with Crippen molar-refractivity contribution >= 4 is 6.29 Å². The number of carbonyl (C=O) groups excluding carboxylic acids is 1. The molecule has 1 atom stereocenters. The van der Waals surface area contributed by atoms with E-state index in [1.54, 1.807) is 0 Å². The lowest BCUT2D eigenvalue weighted by molar-refractivity contribution is -0.109. The Morgan fingerprint density at radius 3 is 2.86 bits per heavy atom. The van der Waals surface area contributed by atoms with E-state index in [1.165, 1.54) is 0 Å². The molecule has 0 saturated carbocycles. The predicted molar refractivity (Wildman–Crippen MR) is 25.9 cm³/mol. The average molecular weight is 100 g/mol. The highest BCUT2D eigenvalue weighted by Crippen LogP contribution is 1.78. The quantitative estimate of drug-likeness (QED) is 0.402. The van der Waals surface area contributed by atoms with E-state index in [9.17, 15) is 4.79 Å². The number of rotatable bonds is 1. The summed E-state index contributed by atoms with van der Waals surface area (Å²) >= 11 is 0. The molecule has 40 valence electrons. The zero-order valence-corrected chi connectivity index (χ0v) is 3.98. The predicted octanol–water partition coefficient (Wildman–Crippen LogP) is -1.30. The Morgan fingerprint density at radius 1 is 1.71 bits per heavy atom. The Bertz CT molecular complexity index is 68.1. The topological polar surface area (TPSA) is 41.1 Å². The van der Waals surface area contributed by atoms with Crippen LogP contribution in [-0.2, 0) is 4.79 Å². The fourth-order valence-electron chi connectivity index (χ4n) is 0.599. The average Bonchev–Trinajstić information content (AvgIpc) is 2.14. The minimum absolute atomic E-state index is 0.0556. The van der Waals surface area contributed by atoms with Gasteiger partial charge in [-0.05, 0) is 0 Å². The van der Waals surface area contributed by atoms with E-state index in [2.05, 4.69) is 10.6 Å². The molecule has 2 N–H and O–H groups in total. The van der Waals surface area contributed by atoms with Gasteiger partial charge in [0.1, 0.15) is 6.29 Å². The maximum atomic E-state index is 9.90. The zero-order chi connectivity index (χ0) is 5.11. The molecule has 1 heterocycles. The molecular weight excluding hydrogens is 92.1 g/mol. The summed E-state index contributed by atoms with van der Waals surface area (Å²) in [5.74, 6) is 0. The summed E-state index contributed by atoms with van der Waals surface area (Å²) < 4.78 is 0. The molecule has 1 aliphatic rings. The Kier molecular flexibility index (Phi) is 1.38. The monoisotopic (exact) mass is 100 g/mol. The third-order valence-corrected chi connectivity index (χ3v) is 1.02. The number of hydrogen-bond donors (Lipinski definition) is 2. The second kappa shape index (κ2) is 2.04. The molecule has 1 saturated heterocycles. The van der Waals surface area contributed by atoms with Gasteiger partial charge in [0.25, 0.3) is 0 Å². The van der Waals surface area contributed by atoms with Crippen molar-refractivity contribution in [2.75, 3.05) is 13.2 Å². The summed E-state index contributed by atoms with van der Waals surface area (Å²) in [4.78, 5) is 9.90. The van der Waals surface area contributed by atoms with Crippen molar-refractivity contribution in [3.63, 3.8) is 0 Å². The summed E-state index contributed by atoms with van der Waals surface area (Å²) in [6.07, 6.45) is 0.917. The molecule has 1 fully saturated rings. The first-order valence-electron chi connectivity index (χ1n) is 2.33. The molecule has 0 bridgehead atoms. The van der Waals surface area contributed by atoms with Crippen LogP contribution in [0.25, 0.3) is 0 Å². The second-order valence-electron chi connectivity index (χ2n) is 1.58. The highest BCUT2D eigenvalue weighted by molar-refractivity contribution is 5.58. The standard InChI is InChI=1S/C4H8N2O/c7-2-4-1-5-3-6-4/h2,4-6H,1,3H2. The molecule has 3 nitrogen and oxygen atoms in total. The lowest BCUT2D eigenvalue weighted by atomic mass is 10.4. The third kappa shape index (κ3) is 0.976. The van der Waals surface area contributed by atoms with Gasteiger partial charge < -0.3 is 10.1 Å². The smallest absolute Gasteiger partial charge is 0.138 e. The maximum Gasteiger partial charge on any atom is 0.138 e. The van der Waals surface area contributed by atoms with Crippen LogP contribution in [-0.4, -0.2) is 25.5 Å². The molecule has 0 aliphatic carbocycles. The highest BCUT2D eigenvalue weighted by atomic mass is 16.1. The number of carbonyl (C=O) groups is 1. The molecule has 0 spiro atoms. The lowest BCUT2D eigenvalue weighted by Gasteiger charge is -1.92. The minimum Gasteiger partial charge on any atom is -0.302 e. The van der Waals surface area contributed by atoms with Gasteiger partial charge in [-0.3, -0.25) is 5.32 Å². The Morgan fingerprint density at radius 2 is 2.57 bits per heavy atom. The molecule has 1 aliphatic heterocycles. The number of aldehydes is 1. The van der Waals surface area contributed by atoms with E-state index in [0.717, 1.165) is 19.5 Å². The van der Waals surface area contributed by atoms with Crippen LogP contribution in [0.4, 0.5) is 0 Å². The molecule has 0 aromatic rings. The van der Waals surface area contributed by atoms with Gasteiger partial charge in [-0.2, -0.15) is 0 Å². The van der Waals surface area contributed by atoms with Crippen LogP contribution >= 0.6 is 0 Å². The molecular formula is C4H8N2O. The summed E-state index contributed by atoms with van der Waals surface area (Å²) in [6, 6.07) is 0.0556. The van der Waals surface area contributed by atoms with E-state index in [-0.39, 0.29) is 6.04 Å². The van der Waals surface area contributed by atoms with Gasteiger partial charge in [0.2, 0.25) is 0 Å². The fourth-order valence-corrected chi connectivity index (χ4v) is 0.599. The van der Waals surface area contributed by atoms with Gasteiger partial charge >= 0.3 is 0 Å². The van der Waals surface area contributed by atoms with Crippen LogP contribution in [0.5, 0.6) is 0 Å². The first-order chi connectivity index (χ1) is 3.43. The first-order valence-corrected chi connectivity index (χ1v) is 2.33. The summed E-state index contributed by atoms with van der Waals surface area (Å²) in [7, 11) is 0. The minimum atomic E-state index is 0.0556. The molecule has 1 unspecified atom stereocenters. The number of nitrogens with one attached hydrogen (secondary N) is 2. The van der Waals surface area contributed by atoms with Gasteiger partial charge in [-0.1, -0.05) is 0 Å². The van der Waals surface area contributed by atoms with Crippen molar-refractivity contribution in [2.45, 2.75) is 6.04 Å². The van der Waals surface area contributed by atoms with Crippen LogP contribution < -0.4 is 10.6 Å². The Hall–Kier alpha value is -0.410. The second-order valence-corrected chi connectivity index (χ2v) is 1.58. The first kappa shape index (κ1) is 4.74. The van der Waals surface area contributed by atoms with Crippen molar-refractivity contribution in [1.82, 2.24) is 10.6 Å². The van der Waals surface area contributed by atoms with E-state index >= 15 is 0 Å². The lowest BCUT2D eigenvalue weighted by Crippen LogP contribution is -2.24. The van der Waals surface area contributed by atoms with Crippen LogP contribution in [0.1, 0.15) is 0 Å². The molecule has 0 amide bonds. The van der Waals surface area contributed by atoms with Gasteiger partial charge in [0.15, 0.2) is 0 Å². The Labute approximate surface area is 42.1 Å². The maximum absolute atomic E-state index is 9.90. The zero-order valence-electron chi connectivity index (χ0n) is 3.98. The van der Waals surface area contributed by atoms with Crippen molar-refractivity contribution in [2.24, 2.45) is 0 Å². The molecule has 7 heavy (non-hydrogen) atoms. The van der Waals surface area contributed by atoms with E-state index in [1.807, 2.05) is 0 Å². The van der Waals surface area contributed by atoms with E-state index in [4.69, 9.17) is 0 Å². The highest BCUT2D eigenvalue weighted by Gasteiger charge is 2.09. The molecule has 0 radical (unpaired) electrons. The normalized spacial score (nSPS) is 30.6. The molecule has 1 rings (SSSR count). The van der Waals surface area contributed by atoms with E-state index in [0.29, 0.717) is 0 Å². The molecule has 0 aromatic carbocycles. The molecule has 3 heteroatoms. The van der Waals surface area contributed by atoms with Gasteiger partial charge in [0, 0.05) is 13.2 Å². The van der Waals surface area contributed by atoms with Crippen molar-refractivity contribution in [1.29, 1.82) is 0 Å².